The van der Waals surface area contributed by atoms with Crippen LogP contribution < -0.4 is 4.74 Å². The summed E-state index contributed by atoms with van der Waals surface area (Å²) in [4.78, 5) is 0. The minimum Gasteiger partial charge on any atom is -0.490 e. The Morgan fingerprint density at radius 1 is 1.22 bits per heavy atom. The largest absolute Gasteiger partial charge is 0.490 e. The van der Waals surface area contributed by atoms with Gasteiger partial charge in [0.05, 0.1) is 6.61 Å². The molecule has 18 heavy (non-hydrogen) atoms. The number of ether oxygens (including phenoxy) is 2. The number of hydrogen-bond acceptors (Lipinski definition) is 2. The Bertz CT molecular complexity index is 350. The molecule has 0 saturated carbocycles. The number of methoxy groups -OCH3 is 1. The molecule has 1 aromatic rings. The summed E-state index contributed by atoms with van der Waals surface area (Å²) in [5.41, 5.74) is 0.729. The maximum Gasteiger partial charge on any atom is 0.168 e. The first-order valence-electron chi connectivity index (χ1n) is 6.54. The molecule has 0 atom stereocenters. The summed E-state index contributed by atoms with van der Waals surface area (Å²) in [5, 5.41) is 0. The number of benzene rings is 1. The van der Waals surface area contributed by atoms with Gasteiger partial charge in [-0.25, -0.2) is 4.39 Å². The van der Waals surface area contributed by atoms with Gasteiger partial charge in [-0.1, -0.05) is 26.0 Å². The van der Waals surface area contributed by atoms with E-state index in [-0.39, 0.29) is 5.82 Å². The Morgan fingerprint density at radius 2 is 2.00 bits per heavy atom. The zero-order chi connectivity index (χ0) is 13.4. The second kappa shape index (κ2) is 8.09. The monoisotopic (exact) mass is 254 g/mol. The maximum atomic E-state index is 14.1. The van der Waals surface area contributed by atoms with E-state index in [1.54, 1.807) is 13.2 Å². The molecular weight excluding hydrogens is 231 g/mol. The molecule has 0 aliphatic rings. The van der Waals surface area contributed by atoms with Crippen molar-refractivity contribution in [3.05, 3.63) is 29.6 Å². The van der Waals surface area contributed by atoms with Crippen molar-refractivity contribution in [1.29, 1.82) is 0 Å². The normalized spacial score (nSPS) is 10.9. The third-order valence-corrected chi connectivity index (χ3v) is 2.66. The lowest BCUT2D eigenvalue weighted by atomic mass is 10.1. The predicted octanol–water partition coefficient (Wildman–Crippen LogP) is 3.83. The Balaban J connectivity index is 2.55. The highest BCUT2D eigenvalue weighted by atomic mass is 19.1. The number of rotatable bonds is 8. The van der Waals surface area contributed by atoms with Gasteiger partial charge in [0.1, 0.15) is 0 Å². The number of aryl methyl sites for hydroxylation is 1. The minimum absolute atomic E-state index is 0.212. The van der Waals surface area contributed by atoms with Gasteiger partial charge in [0.2, 0.25) is 0 Å². The molecular formula is C15H23FO2. The van der Waals surface area contributed by atoms with Crippen LogP contribution in [0.4, 0.5) is 4.39 Å². The zero-order valence-electron chi connectivity index (χ0n) is 11.5. The Labute approximate surface area is 109 Å². The van der Waals surface area contributed by atoms with E-state index in [1.165, 1.54) is 0 Å². The highest BCUT2D eigenvalue weighted by molar-refractivity contribution is 5.31. The third kappa shape index (κ3) is 5.05. The number of halogens is 1. The molecule has 0 N–H and O–H groups in total. The Hall–Kier alpha value is -1.09. The second-order valence-corrected chi connectivity index (χ2v) is 4.88. The average molecular weight is 254 g/mol. The van der Waals surface area contributed by atoms with Crippen LogP contribution in [0.3, 0.4) is 0 Å². The standard InChI is InChI=1S/C15H23FO2/c1-12(2)11-18-14-9-6-8-13(15(14)16)7-4-5-10-17-3/h6,8-9,12H,4-5,7,10-11H2,1-3H3. The lowest BCUT2D eigenvalue weighted by Gasteiger charge is -2.11. The third-order valence-electron chi connectivity index (χ3n) is 2.66. The Morgan fingerprint density at radius 3 is 2.67 bits per heavy atom. The average Bonchev–Trinajstić information content (AvgIpc) is 2.35. The molecule has 1 aromatic carbocycles. The maximum absolute atomic E-state index is 14.1. The van der Waals surface area contributed by atoms with Gasteiger partial charge in [0, 0.05) is 13.7 Å². The van der Waals surface area contributed by atoms with E-state index in [0.29, 0.717) is 18.3 Å². The minimum atomic E-state index is -0.212. The lowest BCUT2D eigenvalue weighted by molar-refractivity contribution is 0.193. The topological polar surface area (TPSA) is 18.5 Å². The Kier molecular flexibility index (Phi) is 6.73. The fourth-order valence-electron chi connectivity index (χ4n) is 1.68. The van der Waals surface area contributed by atoms with Gasteiger partial charge < -0.3 is 9.47 Å². The summed E-state index contributed by atoms with van der Waals surface area (Å²) in [6.07, 6.45) is 2.61. The van der Waals surface area contributed by atoms with E-state index in [1.807, 2.05) is 26.0 Å². The molecule has 0 spiro atoms. The van der Waals surface area contributed by atoms with Crippen LogP contribution in [0, 0.1) is 11.7 Å². The molecule has 102 valence electrons. The van der Waals surface area contributed by atoms with Crippen molar-refractivity contribution in [3.8, 4) is 5.75 Å². The first-order valence-corrected chi connectivity index (χ1v) is 6.54. The molecule has 0 unspecified atom stereocenters. The van der Waals surface area contributed by atoms with Crippen LogP contribution in [-0.2, 0) is 11.2 Å². The predicted molar refractivity (Wildman–Crippen MR) is 71.5 cm³/mol. The smallest absolute Gasteiger partial charge is 0.168 e. The van der Waals surface area contributed by atoms with E-state index in [9.17, 15) is 4.39 Å². The van der Waals surface area contributed by atoms with Gasteiger partial charge in [-0.15, -0.1) is 0 Å². The van der Waals surface area contributed by atoms with Crippen molar-refractivity contribution in [2.24, 2.45) is 5.92 Å². The van der Waals surface area contributed by atoms with Gasteiger partial charge >= 0.3 is 0 Å². The number of unbranched alkanes of at least 4 members (excludes halogenated alkanes) is 1. The summed E-state index contributed by atoms with van der Waals surface area (Å²) >= 11 is 0. The van der Waals surface area contributed by atoms with Crippen LogP contribution in [0.25, 0.3) is 0 Å². The summed E-state index contributed by atoms with van der Waals surface area (Å²) in [7, 11) is 1.68. The molecule has 0 heterocycles. The van der Waals surface area contributed by atoms with Crippen LogP contribution in [-0.4, -0.2) is 20.3 Å². The first-order chi connectivity index (χ1) is 8.65. The summed E-state index contributed by atoms with van der Waals surface area (Å²) < 4.78 is 24.5. The van der Waals surface area contributed by atoms with E-state index >= 15 is 0 Å². The molecule has 0 radical (unpaired) electrons. The molecule has 0 saturated heterocycles. The summed E-state index contributed by atoms with van der Waals surface area (Å²) in [6, 6.07) is 5.37. The van der Waals surface area contributed by atoms with Crippen molar-refractivity contribution in [3.63, 3.8) is 0 Å². The molecule has 0 aliphatic heterocycles. The molecule has 0 fully saturated rings. The zero-order valence-corrected chi connectivity index (χ0v) is 11.5. The SMILES string of the molecule is COCCCCc1cccc(OCC(C)C)c1F. The highest BCUT2D eigenvalue weighted by Crippen LogP contribution is 2.22. The fourth-order valence-corrected chi connectivity index (χ4v) is 1.68. The molecule has 0 amide bonds. The number of hydrogen-bond donors (Lipinski definition) is 0. The quantitative estimate of drug-likeness (QED) is 0.656. The summed E-state index contributed by atoms with van der Waals surface area (Å²) in [5.74, 6) is 0.554. The second-order valence-electron chi connectivity index (χ2n) is 4.88. The molecule has 0 aromatic heterocycles. The van der Waals surface area contributed by atoms with E-state index < -0.39 is 0 Å². The van der Waals surface area contributed by atoms with E-state index in [0.717, 1.165) is 31.4 Å². The highest BCUT2D eigenvalue weighted by Gasteiger charge is 2.09. The van der Waals surface area contributed by atoms with E-state index in [2.05, 4.69) is 0 Å². The van der Waals surface area contributed by atoms with Crippen LogP contribution >= 0.6 is 0 Å². The van der Waals surface area contributed by atoms with Crippen molar-refractivity contribution in [2.75, 3.05) is 20.3 Å². The molecule has 0 bridgehead atoms. The van der Waals surface area contributed by atoms with Crippen LogP contribution in [0.1, 0.15) is 32.3 Å². The van der Waals surface area contributed by atoms with Crippen LogP contribution in [0.5, 0.6) is 5.75 Å². The van der Waals surface area contributed by atoms with Crippen molar-refractivity contribution < 1.29 is 13.9 Å². The fraction of sp³-hybridized carbons (Fsp3) is 0.600. The molecule has 0 aliphatic carbocycles. The van der Waals surface area contributed by atoms with Gasteiger partial charge in [0.25, 0.3) is 0 Å². The van der Waals surface area contributed by atoms with Crippen molar-refractivity contribution >= 4 is 0 Å². The van der Waals surface area contributed by atoms with Gasteiger partial charge in [-0.3, -0.25) is 0 Å². The molecule has 3 heteroatoms. The van der Waals surface area contributed by atoms with Crippen molar-refractivity contribution in [1.82, 2.24) is 0 Å². The van der Waals surface area contributed by atoms with Gasteiger partial charge in [0.15, 0.2) is 11.6 Å². The van der Waals surface area contributed by atoms with Gasteiger partial charge in [-0.05, 0) is 36.8 Å². The van der Waals surface area contributed by atoms with Crippen LogP contribution in [0.15, 0.2) is 18.2 Å². The van der Waals surface area contributed by atoms with Gasteiger partial charge in [-0.2, -0.15) is 0 Å². The van der Waals surface area contributed by atoms with Crippen molar-refractivity contribution in [2.45, 2.75) is 33.1 Å². The molecule has 2 nitrogen and oxygen atoms in total. The van der Waals surface area contributed by atoms with Crippen LogP contribution in [0.2, 0.25) is 0 Å². The lowest BCUT2D eigenvalue weighted by Crippen LogP contribution is -2.06. The van der Waals surface area contributed by atoms with E-state index in [4.69, 9.17) is 9.47 Å². The first kappa shape index (κ1) is 15.0. The molecule has 1 rings (SSSR count). The summed E-state index contributed by atoms with van der Waals surface area (Å²) in [6.45, 7) is 5.37.